The van der Waals surface area contributed by atoms with Crippen molar-refractivity contribution in [3.05, 3.63) is 23.4 Å². The highest BCUT2D eigenvalue weighted by Crippen LogP contribution is 2.26. The number of ether oxygens (including phenoxy) is 1. The number of carbonyl (C=O) groups excluding carboxylic acids is 1. The number of amides is 1. The molecule has 0 aliphatic carbocycles. The van der Waals surface area contributed by atoms with Crippen molar-refractivity contribution >= 4 is 42.1 Å². The molecule has 0 aromatic carbocycles. The number of hydrogen-bond donors (Lipinski definition) is 1. The fourth-order valence-electron chi connectivity index (χ4n) is 3.66. The van der Waals surface area contributed by atoms with E-state index in [9.17, 15) is 4.79 Å². The molecule has 2 aromatic heterocycles. The van der Waals surface area contributed by atoms with Gasteiger partial charge in [-0.15, -0.1) is 36.2 Å². The summed E-state index contributed by atoms with van der Waals surface area (Å²) in [4.78, 5) is 22.4. The van der Waals surface area contributed by atoms with E-state index in [-0.39, 0.29) is 49.0 Å². The molecular formula is C18H27Cl2N5O3S. The summed E-state index contributed by atoms with van der Waals surface area (Å²) in [5.74, 6) is 1.34. The average molecular weight is 464 g/mol. The van der Waals surface area contributed by atoms with Crippen LogP contribution < -0.4 is 5.73 Å². The summed E-state index contributed by atoms with van der Waals surface area (Å²) in [5, 5.41) is 6.09. The van der Waals surface area contributed by atoms with Crippen LogP contribution in [-0.4, -0.2) is 70.8 Å². The number of nitrogens with two attached hydrogens (primary N) is 1. The van der Waals surface area contributed by atoms with Crippen molar-refractivity contribution in [3.63, 3.8) is 0 Å². The lowest BCUT2D eigenvalue weighted by atomic mass is 10.1. The summed E-state index contributed by atoms with van der Waals surface area (Å²) in [5.41, 5.74) is 5.64. The maximum absolute atomic E-state index is 12.6. The van der Waals surface area contributed by atoms with Crippen LogP contribution in [0.4, 0.5) is 0 Å². The Morgan fingerprint density at radius 2 is 2.07 bits per heavy atom. The first-order valence-electron chi connectivity index (χ1n) is 9.41. The number of rotatable bonds is 5. The van der Waals surface area contributed by atoms with Crippen LogP contribution in [-0.2, 0) is 9.53 Å². The van der Waals surface area contributed by atoms with Gasteiger partial charge in [-0.2, -0.15) is 4.98 Å². The van der Waals surface area contributed by atoms with E-state index in [0.29, 0.717) is 31.3 Å². The van der Waals surface area contributed by atoms with Gasteiger partial charge in [-0.25, -0.2) is 0 Å². The number of hydrogen-bond acceptors (Lipinski definition) is 8. The molecule has 2 aromatic rings. The highest BCUT2D eigenvalue weighted by atomic mass is 35.5. The number of nitrogens with zero attached hydrogens (tertiary/aromatic N) is 4. The molecule has 0 bridgehead atoms. The second-order valence-electron chi connectivity index (χ2n) is 7.03. The zero-order valence-electron chi connectivity index (χ0n) is 16.2. The topological polar surface area (TPSA) is 97.7 Å². The SMILES string of the molecule is CC(c1nc(-c2cccs2)no1)N1CCN(C(=O)[C@@H]2CC[C@H](CN)O2)CC1.Cl.Cl. The van der Waals surface area contributed by atoms with Crippen molar-refractivity contribution in [1.29, 1.82) is 0 Å². The number of carbonyl (C=O) groups is 1. The van der Waals surface area contributed by atoms with Gasteiger partial charge in [-0.05, 0) is 31.2 Å². The Balaban J connectivity index is 0.00000150. The average Bonchev–Trinajstić information content (AvgIpc) is 3.47. The van der Waals surface area contributed by atoms with Crippen molar-refractivity contribution in [2.24, 2.45) is 5.73 Å². The van der Waals surface area contributed by atoms with Gasteiger partial charge in [0.25, 0.3) is 5.91 Å². The molecule has 29 heavy (non-hydrogen) atoms. The lowest BCUT2D eigenvalue weighted by Gasteiger charge is -2.37. The molecular weight excluding hydrogens is 437 g/mol. The van der Waals surface area contributed by atoms with E-state index < -0.39 is 0 Å². The molecule has 2 aliphatic heterocycles. The minimum absolute atomic E-state index is 0. The van der Waals surface area contributed by atoms with E-state index in [1.807, 2.05) is 22.4 Å². The fraction of sp³-hybridized carbons (Fsp3) is 0.611. The van der Waals surface area contributed by atoms with Gasteiger partial charge in [0.15, 0.2) is 0 Å². The van der Waals surface area contributed by atoms with E-state index in [2.05, 4.69) is 22.0 Å². The van der Waals surface area contributed by atoms with E-state index in [1.54, 1.807) is 11.3 Å². The lowest BCUT2D eigenvalue weighted by molar-refractivity contribution is -0.144. The second-order valence-corrected chi connectivity index (χ2v) is 7.98. The minimum Gasteiger partial charge on any atom is -0.364 e. The molecule has 2 fully saturated rings. The van der Waals surface area contributed by atoms with Gasteiger partial charge < -0.3 is 19.9 Å². The second kappa shape index (κ2) is 10.7. The molecule has 1 unspecified atom stereocenters. The summed E-state index contributed by atoms with van der Waals surface area (Å²) in [6.45, 7) is 5.46. The van der Waals surface area contributed by atoms with Crippen LogP contribution in [0, 0.1) is 0 Å². The molecule has 162 valence electrons. The lowest BCUT2D eigenvalue weighted by Crippen LogP contribution is -2.52. The monoisotopic (exact) mass is 463 g/mol. The highest BCUT2D eigenvalue weighted by molar-refractivity contribution is 7.13. The largest absolute Gasteiger partial charge is 0.364 e. The number of halogens is 2. The van der Waals surface area contributed by atoms with E-state index >= 15 is 0 Å². The molecule has 0 saturated carbocycles. The van der Waals surface area contributed by atoms with Crippen LogP contribution in [0.3, 0.4) is 0 Å². The van der Waals surface area contributed by atoms with Gasteiger partial charge in [0, 0.05) is 32.7 Å². The smallest absolute Gasteiger partial charge is 0.251 e. The van der Waals surface area contributed by atoms with Gasteiger partial charge in [0.05, 0.1) is 17.0 Å². The molecule has 4 heterocycles. The summed E-state index contributed by atoms with van der Waals surface area (Å²) in [6, 6.07) is 3.97. The van der Waals surface area contributed by atoms with E-state index in [1.165, 1.54) is 0 Å². The summed E-state index contributed by atoms with van der Waals surface area (Å²) in [6.07, 6.45) is 1.33. The Labute approximate surface area is 186 Å². The predicted molar refractivity (Wildman–Crippen MR) is 116 cm³/mol. The zero-order chi connectivity index (χ0) is 18.8. The summed E-state index contributed by atoms with van der Waals surface area (Å²) < 4.78 is 11.2. The maximum Gasteiger partial charge on any atom is 0.251 e. The normalized spacial score (nSPS) is 23.3. The van der Waals surface area contributed by atoms with Crippen LogP contribution in [0.25, 0.3) is 10.7 Å². The Bertz CT molecular complexity index is 767. The highest BCUT2D eigenvalue weighted by Gasteiger charge is 2.35. The first-order chi connectivity index (χ1) is 13.2. The molecule has 2 aliphatic rings. The van der Waals surface area contributed by atoms with Crippen molar-refractivity contribution < 1.29 is 14.1 Å². The Hall–Kier alpha value is -1.23. The van der Waals surface area contributed by atoms with Crippen molar-refractivity contribution in [3.8, 4) is 10.7 Å². The number of piperazine rings is 1. The third-order valence-electron chi connectivity index (χ3n) is 5.36. The van der Waals surface area contributed by atoms with Crippen LogP contribution in [0.1, 0.15) is 31.7 Å². The molecule has 4 rings (SSSR count). The van der Waals surface area contributed by atoms with Crippen molar-refractivity contribution in [2.75, 3.05) is 32.7 Å². The van der Waals surface area contributed by atoms with Crippen LogP contribution in [0.15, 0.2) is 22.0 Å². The van der Waals surface area contributed by atoms with Gasteiger partial charge in [-0.3, -0.25) is 9.69 Å². The van der Waals surface area contributed by atoms with Crippen molar-refractivity contribution in [2.45, 2.75) is 38.0 Å². The summed E-state index contributed by atoms with van der Waals surface area (Å²) in [7, 11) is 0. The third-order valence-corrected chi connectivity index (χ3v) is 6.23. The molecule has 2 N–H and O–H groups in total. The third kappa shape index (κ3) is 5.28. The predicted octanol–water partition coefficient (Wildman–Crippen LogP) is 2.35. The number of aromatic nitrogens is 2. The van der Waals surface area contributed by atoms with Gasteiger partial charge >= 0.3 is 0 Å². The Morgan fingerprint density at radius 3 is 2.69 bits per heavy atom. The molecule has 2 saturated heterocycles. The van der Waals surface area contributed by atoms with Gasteiger partial charge in [-0.1, -0.05) is 11.2 Å². The minimum atomic E-state index is -0.327. The molecule has 1 amide bonds. The maximum atomic E-state index is 12.6. The van der Waals surface area contributed by atoms with Crippen LogP contribution >= 0.6 is 36.2 Å². The van der Waals surface area contributed by atoms with Gasteiger partial charge in [0.2, 0.25) is 11.7 Å². The Morgan fingerprint density at radius 1 is 1.31 bits per heavy atom. The first-order valence-corrected chi connectivity index (χ1v) is 10.3. The summed E-state index contributed by atoms with van der Waals surface area (Å²) >= 11 is 1.59. The first kappa shape index (κ1) is 24.0. The van der Waals surface area contributed by atoms with E-state index in [4.69, 9.17) is 15.0 Å². The molecule has 11 heteroatoms. The molecule has 8 nitrogen and oxygen atoms in total. The van der Waals surface area contributed by atoms with Crippen molar-refractivity contribution in [1.82, 2.24) is 19.9 Å². The Kier molecular flexibility index (Phi) is 8.87. The fourth-order valence-corrected chi connectivity index (χ4v) is 4.31. The molecule has 0 radical (unpaired) electrons. The standard InChI is InChI=1S/C18H25N5O3S.2ClH/c1-12(17-20-16(21-26-17)15-3-2-10-27-15)22-6-8-23(9-7-22)18(24)14-5-4-13(11-19)25-14;;/h2-3,10,12-14H,4-9,11,19H2,1H3;2*1H/t12?,13-,14+;;/m1../s1. The molecule has 3 atom stereocenters. The van der Waals surface area contributed by atoms with Crippen LogP contribution in [0.2, 0.25) is 0 Å². The zero-order valence-corrected chi connectivity index (χ0v) is 18.7. The van der Waals surface area contributed by atoms with Gasteiger partial charge in [0.1, 0.15) is 6.10 Å². The quantitative estimate of drug-likeness (QED) is 0.726. The molecule has 0 spiro atoms. The number of thiophene rings is 1. The van der Waals surface area contributed by atoms with Crippen LogP contribution in [0.5, 0.6) is 0 Å². The van der Waals surface area contributed by atoms with E-state index in [0.717, 1.165) is 30.8 Å².